The summed E-state index contributed by atoms with van der Waals surface area (Å²) in [5.74, 6) is -0.736. The van der Waals surface area contributed by atoms with Crippen LogP contribution in [0.15, 0.2) is 47.1 Å². The van der Waals surface area contributed by atoms with Gasteiger partial charge in [-0.15, -0.1) is 0 Å². The summed E-state index contributed by atoms with van der Waals surface area (Å²) in [4.78, 5) is 10.7. The van der Waals surface area contributed by atoms with Crippen LogP contribution in [0, 0.1) is 0 Å². The minimum Gasteiger partial charge on any atom is -0.476 e. The molecule has 0 fully saturated rings. The maximum Gasteiger partial charge on any atom is 0.358 e. The van der Waals surface area contributed by atoms with Crippen LogP contribution in [0.5, 0.6) is 0 Å². The zero-order valence-corrected chi connectivity index (χ0v) is 10.8. The van der Waals surface area contributed by atoms with E-state index in [0.29, 0.717) is 10.9 Å². The molecule has 0 saturated heterocycles. The Labute approximate surface area is 118 Å². The van der Waals surface area contributed by atoms with E-state index in [1.165, 1.54) is 6.07 Å². The van der Waals surface area contributed by atoms with Crippen LogP contribution >= 0.6 is 11.6 Å². The Morgan fingerprint density at radius 3 is 2.55 bits per heavy atom. The number of nitrogens with zero attached hydrogens (tertiary/aromatic N) is 3. The van der Waals surface area contributed by atoms with Gasteiger partial charge in [0.1, 0.15) is 5.15 Å². The molecule has 0 spiro atoms. The highest BCUT2D eigenvalue weighted by atomic mass is 35.5. The van der Waals surface area contributed by atoms with Gasteiger partial charge in [-0.2, -0.15) is 5.10 Å². The maximum absolute atomic E-state index is 10.7. The van der Waals surface area contributed by atoms with Crippen LogP contribution in [0.3, 0.4) is 0 Å². The first-order valence-electron chi connectivity index (χ1n) is 5.65. The smallest absolute Gasteiger partial charge is 0.358 e. The molecular formula is C13H8ClN3O3. The fraction of sp³-hybridized carbons (Fsp3) is 0. The molecule has 3 rings (SSSR count). The summed E-state index contributed by atoms with van der Waals surface area (Å²) < 4.78 is 6.56. The molecule has 100 valence electrons. The first-order valence-corrected chi connectivity index (χ1v) is 6.03. The van der Waals surface area contributed by atoms with E-state index >= 15 is 0 Å². The summed E-state index contributed by atoms with van der Waals surface area (Å²) in [5.41, 5.74) is 1.39. The van der Waals surface area contributed by atoms with Gasteiger partial charge >= 0.3 is 5.97 Å². The number of aromatic nitrogens is 3. The lowest BCUT2D eigenvalue weighted by atomic mass is 10.1. The lowest BCUT2D eigenvalue weighted by Crippen LogP contribution is -1.95. The molecule has 2 aromatic heterocycles. The molecule has 0 bridgehead atoms. The molecule has 0 aliphatic heterocycles. The van der Waals surface area contributed by atoms with Crippen molar-refractivity contribution in [2.24, 2.45) is 0 Å². The number of halogens is 1. The van der Waals surface area contributed by atoms with Gasteiger partial charge in [0.05, 0.1) is 11.9 Å². The molecule has 1 N–H and O–H groups in total. The van der Waals surface area contributed by atoms with E-state index in [4.69, 9.17) is 21.2 Å². The van der Waals surface area contributed by atoms with Crippen molar-refractivity contribution in [1.29, 1.82) is 0 Å². The highest BCUT2D eigenvalue weighted by Crippen LogP contribution is 2.23. The van der Waals surface area contributed by atoms with E-state index in [0.717, 1.165) is 11.3 Å². The topological polar surface area (TPSA) is 81.1 Å². The molecule has 0 radical (unpaired) electrons. The molecule has 0 aliphatic carbocycles. The molecule has 0 saturated carbocycles. The number of aromatic carboxylic acids is 1. The summed E-state index contributed by atoms with van der Waals surface area (Å²) in [6.07, 6.45) is 1.60. The van der Waals surface area contributed by atoms with Gasteiger partial charge in [-0.1, -0.05) is 16.8 Å². The number of carboxylic acid groups (broad SMARTS) is 1. The van der Waals surface area contributed by atoms with Gasteiger partial charge in [0.15, 0.2) is 11.5 Å². The van der Waals surface area contributed by atoms with Gasteiger partial charge in [-0.3, -0.25) is 0 Å². The first-order chi connectivity index (χ1) is 9.65. The van der Waals surface area contributed by atoms with E-state index in [1.807, 2.05) is 0 Å². The van der Waals surface area contributed by atoms with E-state index in [9.17, 15) is 4.79 Å². The summed E-state index contributed by atoms with van der Waals surface area (Å²) in [6, 6.07) is 10.2. The minimum absolute atomic E-state index is 0.126. The monoisotopic (exact) mass is 289 g/mol. The summed E-state index contributed by atoms with van der Waals surface area (Å²) in [5, 5.41) is 16.9. The fourth-order valence-corrected chi connectivity index (χ4v) is 1.95. The Morgan fingerprint density at radius 1 is 1.25 bits per heavy atom. The third-order valence-electron chi connectivity index (χ3n) is 2.72. The third-order valence-corrected chi connectivity index (χ3v) is 3.01. The standard InChI is InChI=1S/C13H8ClN3O3/c14-12-5-6-15-17(12)9-3-1-8(2-4-9)11-7-10(13(18)19)16-20-11/h1-7H,(H,18,19). The van der Waals surface area contributed by atoms with Gasteiger partial charge in [-0.05, 0) is 30.3 Å². The molecular weight excluding hydrogens is 282 g/mol. The third kappa shape index (κ3) is 2.17. The Morgan fingerprint density at radius 2 is 2.00 bits per heavy atom. The molecule has 0 aliphatic rings. The lowest BCUT2D eigenvalue weighted by Gasteiger charge is -2.03. The molecule has 1 aromatic carbocycles. The van der Waals surface area contributed by atoms with Crippen LogP contribution in [-0.2, 0) is 0 Å². The van der Waals surface area contributed by atoms with E-state index in [2.05, 4.69) is 10.3 Å². The van der Waals surface area contributed by atoms with Gasteiger partial charge in [0, 0.05) is 11.6 Å². The van der Waals surface area contributed by atoms with E-state index in [-0.39, 0.29) is 5.69 Å². The van der Waals surface area contributed by atoms with Crippen LogP contribution in [0.1, 0.15) is 10.5 Å². The van der Waals surface area contributed by atoms with Crippen molar-refractivity contribution in [3.05, 3.63) is 53.4 Å². The largest absolute Gasteiger partial charge is 0.476 e. The molecule has 2 heterocycles. The van der Waals surface area contributed by atoms with Gasteiger partial charge in [0.25, 0.3) is 0 Å². The van der Waals surface area contributed by atoms with Crippen molar-refractivity contribution >= 4 is 17.6 Å². The number of hydrogen-bond acceptors (Lipinski definition) is 4. The number of carbonyl (C=O) groups is 1. The van der Waals surface area contributed by atoms with Crippen molar-refractivity contribution in [2.45, 2.75) is 0 Å². The predicted octanol–water partition coefficient (Wildman–Crippen LogP) is 2.88. The molecule has 3 aromatic rings. The molecule has 20 heavy (non-hydrogen) atoms. The summed E-state index contributed by atoms with van der Waals surface area (Å²) in [7, 11) is 0. The summed E-state index contributed by atoms with van der Waals surface area (Å²) >= 11 is 5.98. The second kappa shape index (κ2) is 4.82. The highest BCUT2D eigenvalue weighted by Gasteiger charge is 2.12. The van der Waals surface area contributed by atoms with Crippen molar-refractivity contribution in [3.8, 4) is 17.0 Å². The van der Waals surface area contributed by atoms with Crippen LogP contribution in [0.4, 0.5) is 0 Å². The highest BCUT2D eigenvalue weighted by molar-refractivity contribution is 6.29. The van der Waals surface area contributed by atoms with E-state index in [1.54, 1.807) is 41.2 Å². The zero-order valence-electron chi connectivity index (χ0n) is 10.0. The van der Waals surface area contributed by atoms with Gasteiger partial charge < -0.3 is 9.63 Å². The van der Waals surface area contributed by atoms with E-state index < -0.39 is 5.97 Å². The first kappa shape index (κ1) is 12.4. The SMILES string of the molecule is O=C(O)c1cc(-c2ccc(-n3nccc3Cl)cc2)on1. The average Bonchev–Trinajstić information content (AvgIpc) is 3.07. The summed E-state index contributed by atoms with van der Waals surface area (Å²) in [6.45, 7) is 0. The number of carboxylic acids is 1. The second-order valence-corrected chi connectivity index (χ2v) is 4.38. The molecule has 0 atom stereocenters. The lowest BCUT2D eigenvalue weighted by molar-refractivity contribution is 0.0686. The number of benzene rings is 1. The predicted molar refractivity (Wildman–Crippen MR) is 71.0 cm³/mol. The molecule has 6 nitrogen and oxygen atoms in total. The van der Waals surface area contributed by atoms with Crippen molar-refractivity contribution in [2.75, 3.05) is 0 Å². The Bertz CT molecular complexity index is 761. The Kier molecular flexibility index (Phi) is 3.00. The van der Waals surface area contributed by atoms with Gasteiger partial charge in [-0.25, -0.2) is 9.48 Å². The van der Waals surface area contributed by atoms with Crippen LogP contribution in [0.25, 0.3) is 17.0 Å². The van der Waals surface area contributed by atoms with Crippen LogP contribution in [0.2, 0.25) is 5.15 Å². The number of rotatable bonds is 3. The molecule has 0 amide bonds. The van der Waals surface area contributed by atoms with Gasteiger partial charge in [0.2, 0.25) is 0 Å². The molecule has 7 heteroatoms. The second-order valence-electron chi connectivity index (χ2n) is 3.99. The van der Waals surface area contributed by atoms with Crippen molar-refractivity contribution < 1.29 is 14.4 Å². The molecule has 0 unspecified atom stereocenters. The number of hydrogen-bond donors (Lipinski definition) is 1. The van der Waals surface area contributed by atoms with Crippen molar-refractivity contribution in [1.82, 2.24) is 14.9 Å². The van der Waals surface area contributed by atoms with Crippen molar-refractivity contribution in [3.63, 3.8) is 0 Å². The average molecular weight is 290 g/mol. The van der Waals surface area contributed by atoms with Crippen LogP contribution in [-0.4, -0.2) is 26.0 Å². The zero-order chi connectivity index (χ0) is 14.1. The fourth-order valence-electron chi connectivity index (χ4n) is 1.76. The van der Waals surface area contributed by atoms with Crippen LogP contribution < -0.4 is 0 Å². The maximum atomic E-state index is 10.7. The normalized spacial score (nSPS) is 10.7. The Balaban J connectivity index is 1.93. The quantitative estimate of drug-likeness (QED) is 0.802. The Hall–Kier alpha value is -2.60. The minimum atomic E-state index is -1.13.